The quantitative estimate of drug-likeness (QED) is 0.618. The molecule has 1 aliphatic heterocycles. The number of hydrogen-bond acceptors (Lipinski definition) is 4. The molecule has 2 amide bonds. The van der Waals surface area contributed by atoms with Crippen LogP contribution in [0.15, 0.2) is 54.6 Å². The number of halogens is 1. The van der Waals surface area contributed by atoms with E-state index in [4.69, 9.17) is 4.74 Å². The number of ether oxygens (including phenoxy) is 1. The van der Waals surface area contributed by atoms with Crippen molar-refractivity contribution in [3.05, 3.63) is 71.5 Å². The third kappa shape index (κ3) is 6.37. The van der Waals surface area contributed by atoms with Gasteiger partial charge in [-0.2, -0.15) is 0 Å². The van der Waals surface area contributed by atoms with Crippen molar-refractivity contribution in [2.24, 2.45) is 0 Å². The van der Waals surface area contributed by atoms with Crippen molar-refractivity contribution in [1.82, 2.24) is 10.6 Å². The highest BCUT2D eigenvalue weighted by Gasteiger charge is 2.33. The summed E-state index contributed by atoms with van der Waals surface area (Å²) in [5.74, 6) is -0.855. The summed E-state index contributed by atoms with van der Waals surface area (Å²) in [6.45, 7) is 0.288. The molecule has 1 fully saturated rings. The molecule has 7 heteroatoms. The Balaban J connectivity index is 1.43. The third-order valence-corrected chi connectivity index (χ3v) is 5.21. The normalized spacial score (nSPS) is 21.1. The summed E-state index contributed by atoms with van der Waals surface area (Å²) in [6, 6.07) is 14.8. The fraction of sp³-hybridized carbons (Fsp3) is 0.391. The number of carbonyl (C=O) groups is 2. The van der Waals surface area contributed by atoms with Gasteiger partial charge in [-0.05, 0) is 49.1 Å². The van der Waals surface area contributed by atoms with E-state index in [1.807, 2.05) is 30.3 Å². The Morgan fingerprint density at radius 2 is 1.80 bits per heavy atom. The van der Waals surface area contributed by atoms with E-state index in [-0.39, 0.29) is 37.0 Å². The van der Waals surface area contributed by atoms with Gasteiger partial charge < -0.3 is 20.5 Å². The molecule has 0 aromatic heterocycles. The molecule has 2 aromatic rings. The topological polar surface area (TPSA) is 87.7 Å². The molecule has 2 aromatic carbocycles. The van der Waals surface area contributed by atoms with Crippen molar-refractivity contribution in [3.63, 3.8) is 0 Å². The first-order valence-electron chi connectivity index (χ1n) is 10.2. The fourth-order valence-electron chi connectivity index (χ4n) is 3.57. The summed E-state index contributed by atoms with van der Waals surface area (Å²) >= 11 is 0. The number of rotatable bonds is 8. The van der Waals surface area contributed by atoms with Crippen LogP contribution in [-0.4, -0.2) is 48.3 Å². The molecule has 1 aliphatic rings. The molecule has 3 rings (SSSR count). The highest BCUT2D eigenvalue weighted by atomic mass is 19.1. The zero-order valence-electron chi connectivity index (χ0n) is 16.7. The Morgan fingerprint density at radius 3 is 2.50 bits per heavy atom. The zero-order chi connectivity index (χ0) is 21.3. The molecule has 0 unspecified atom stereocenters. The van der Waals surface area contributed by atoms with E-state index in [2.05, 4.69) is 10.6 Å². The second-order valence-electron chi connectivity index (χ2n) is 7.43. The highest BCUT2D eigenvalue weighted by Crippen LogP contribution is 2.22. The number of hydrogen-bond donors (Lipinski definition) is 3. The Kier molecular flexibility index (Phi) is 7.93. The van der Waals surface area contributed by atoms with Crippen molar-refractivity contribution in [2.75, 3.05) is 13.2 Å². The predicted molar refractivity (Wildman–Crippen MR) is 110 cm³/mol. The van der Waals surface area contributed by atoms with Gasteiger partial charge in [0, 0.05) is 12.1 Å². The largest absolute Gasteiger partial charge is 0.394 e. The first kappa shape index (κ1) is 21.9. The number of amides is 2. The lowest BCUT2D eigenvalue weighted by Crippen LogP contribution is -2.51. The average Bonchev–Trinajstić information content (AvgIpc) is 2.76. The van der Waals surface area contributed by atoms with Crippen LogP contribution in [-0.2, 0) is 16.0 Å². The molecule has 1 heterocycles. The summed E-state index contributed by atoms with van der Waals surface area (Å²) < 4.78 is 18.9. The van der Waals surface area contributed by atoms with E-state index < -0.39 is 11.9 Å². The van der Waals surface area contributed by atoms with Gasteiger partial charge >= 0.3 is 0 Å². The van der Waals surface area contributed by atoms with Gasteiger partial charge in [-0.3, -0.25) is 9.59 Å². The van der Waals surface area contributed by atoms with Crippen LogP contribution in [0.25, 0.3) is 0 Å². The molecule has 0 radical (unpaired) electrons. The zero-order valence-corrected chi connectivity index (χ0v) is 16.7. The summed E-state index contributed by atoms with van der Waals surface area (Å²) in [6.07, 6.45) is 1.25. The molecule has 0 spiro atoms. The first-order chi connectivity index (χ1) is 14.5. The Hall–Kier alpha value is -2.77. The minimum atomic E-state index is -0.592. The minimum absolute atomic E-state index is 0.0959. The van der Waals surface area contributed by atoms with E-state index in [0.717, 1.165) is 12.0 Å². The first-order valence-corrected chi connectivity index (χ1v) is 10.2. The predicted octanol–water partition coefficient (Wildman–Crippen LogP) is 2.21. The van der Waals surface area contributed by atoms with Crippen LogP contribution in [0.3, 0.4) is 0 Å². The van der Waals surface area contributed by atoms with Gasteiger partial charge in [0.2, 0.25) is 5.91 Å². The number of nitrogens with one attached hydrogen (secondary N) is 2. The van der Waals surface area contributed by atoms with Gasteiger partial charge in [0.1, 0.15) is 11.9 Å². The molecule has 0 aliphatic carbocycles. The smallest absolute Gasteiger partial charge is 0.251 e. The number of aliphatic hydroxyl groups excluding tert-OH is 1. The standard InChI is InChI=1S/C23H27FN2O4/c24-18-8-6-17(7-9-18)23(29)26-20-11-10-19(30-21(20)15-27)14-22(28)25-13-12-16-4-2-1-3-5-16/h1-9,19-21,27H,10-15H2,(H,25,28)(H,26,29)/t19-,20-,21-/m0/s1. The lowest BCUT2D eigenvalue weighted by atomic mass is 9.96. The summed E-state index contributed by atoms with van der Waals surface area (Å²) in [5, 5.41) is 15.4. The van der Waals surface area contributed by atoms with Crippen LogP contribution in [0.5, 0.6) is 0 Å². The van der Waals surface area contributed by atoms with Gasteiger partial charge in [0.15, 0.2) is 0 Å². The maximum atomic E-state index is 13.0. The summed E-state index contributed by atoms with van der Waals surface area (Å²) in [7, 11) is 0. The molecule has 30 heavy (non-hydrogen) atoms. The van der Waals surface area contributed by atoms with E-state index in [1.165, 1.54) is 24.3 Å². The SMILES string of the molecule is O=C(C[C@@H]1CC[C@H](NC(=O)c2ccc(F)cc2)[C@H](CO)O1)NCCc1ccccc1. The third-order valence-electron chi connectivity index (χ3n) is 5.21. The van der Waals surface area contributed by atoms with Crippen LogP contribution < -0.4 is 10.6 Å². The average molecular weight is 414 g/mol. The Morgan fingerprint density at radius 1 is 1.07 bits per heavy atom. The molecule has 160 valence electrons. The summed E-state index contributed by atoms with van der Waals surface area (Å²) in [5.41, 5.74) is 1.50. The van der Waals surface area contributed by atoms with Crippen molar-refractivity contribution < 1.29 is 23.8 Å². The Bertz CT molecular complexity index is 829. The van der Waals surface area contributed by atoms with E-state index >= 15 is 0 Å². The molecule has 0 bridgehead atoms. The molecule has 0 saturated carbocycles. The molecule has 3 atom stereocenters. The molecular weight excluding hydrogens is 387 g/mol. The van der Waals surface area contributed by atoms with E-state index in [1.54, 1.807) is 0 Å². The molecule has 3 N–H and O–H groups in total. The van der Waals surface area contributed by atoms with Crippen LogP contribution in [0.2, 0.25) is 0 Å². The van der Waals surface area contributed by atoms with Gasteiger partial charge in [0.25, 0.3) is 5.91 Å². The number of aliphatic hydroxyl groups is 1. The molecule has 1 saturated heterocycles. The molecular formula is C23H27FN2O4. The van der Waals surface area contributed by atoms with Gasteiger partial charge in [-0.25, -0.2) is 4.39 Å². The van der Waals surface area contributed by atoms with Crippen LogP contribution in [0.4, 0.5) is 4.39 Å². The van der Waals surface area contributed by atoms with Gasteiger partial charge in [-0.15, -0.1) is 0 Å². The highest BCUT2D eigenvalue weighted by molar-refractivity contribution is 5.94. The fourth-order valence-corrected chi connectivity index (χ4v) is 3.57. The van der Waals surface area contributed by atoms with Crippen molar-refractivity contribution >= 4 is 11.8 Å². The van der Waals surface area contributed by atoms with Gasteiger partial charge in [0.05, 0.1) is 25.2 Å². The van der Waals surface area contributed by atoms with Gasteiger partial charge in [-0.1, -0.05) is 30.3 Å². The number of carbonyl (C=O) groups excluding carboxylic acids is 2. The number of benzene rings is 2. The maximum Gasteiger partial charge on any atom is 0.251 e. The molecule has 6 nitrogen and oxygen atoms in total. The van der Waals surface area contributed by atoms with Crippen molar-refractivity contribution in [2.45, 2.75) is 43.9 Å². The van der Waals surface area contributed by atoms with Crippen molar-refractivity contribution in [3.8, 4) is 0 Å². The van der Waals surface area contributed by atoms with Crippen LogP contribution >= 0.6 is 0 Å². The minimum Gasteiger partial charge on any atom is -0.394 e. The van der Waals surface area contributed by atoms with Crippen LogP contribution in [0, 0.1) is 5.82 Å². The van der Waals surface area contributed by atoms with Crippen molar-refractivity contribution in [1.29, 1.82) is 0 Å². The second kappa shape index (κ2) is 10.8. The summed E-state index contributed by atoms with van der Waals surface area (Å²) in [4.78, 5) is 24.6. The monoisotopic (exact) mass is 414 g/mol. The van der Waals surface area contributed by atoms with Crippen LogP contribution in [0.1, 0.15) is 35.2 Å². The lowest BCUT2D eigenvalue weighted by Gasteiger charge is -2.36. The lowest BCUT2D eigenvalue weighted by molar-refractivity contribution is -0.130. The maximum absolute atomic E-state index is 13.0. The van der Waals surface area contributed by atoms with E-state index in [9.17, 15) is 19.1 Å². The van der Waals surface area contributed by atoms with E-state index in [0.29, 0.717) is 24.9 Å². The second-order valence-corrected chi connectivity index (χ2v) is 7.43. The Labute approximate surface area is 175 Å².